The summed E-state index contributed by atoms with van der Waals surface area (Å²) in [6.07, 6.45) is 41.7. The van der Waals surface area contributed by atoms with E-state index in [9.17, 15) is 19.0 Å². The van der Waals surface area contributed by atoms with Crippen LogP contribution >= 0.6 is 7.82 Å². The molecule has 0 bridgehead atoms. The highest BCUT2D eigenvalue weighted by Crippen LogP contribution is 2.38. The van der Waals surface area contributed by atoms with E-state index >= 15 is 0 Å². The summed E-state index contributed by atoms with van der Waals surface area (Å²) in [6, 6.07) is 0. The summed E-state index contributed by atoms with van der Waals surface area (Å²) in [5, 5.41) is 0. The number of rotatable bonds is 40. The van der Waals surface area contributed by atoms with Crippen molar-refractivity contribution in [3.05, 3.63) is 36.5 Å². The molecule has 0 rings (SSSR count). The number of esters is 2. The monoisotopic (exact) mass is 798 g/mol. The van der Waals surface area contributed by atoms with Gasteiger partial charge < -0.3 is 27.9 Å². The molecular formula is C45H84NO8P. The first-order valence-electron chi connectivity index (χ1n) is 22.2. The number of allylic oxidation sites excluding steroid dienone is 6. The van der Waals surface area contributed by atoms with Crippen LogP contribution in [0, 0.1) is 0 Å². The van der Waals surface area contributed by atoms with Crippen LogP contribution in [0.3, 0.4) is 0 Å². The third-order valence-electron chi connectivity index (χ3n) is 9.41. The van der Waals surface area contributed by atoms with Crippen LogP contribution in [0.15, 0.2) is 36.5 Å². The Morgan fingerprint density at radius 1 is 0.564 bits per heavy atom. The largest absolute Gasteiger partial charge is 0.756 e. The van der Waals surface area contributed by atoms with Crippen molar-refractivity contribution < 1.29 is 42.1 Å². The van der Waals surface area contributed by atoms with Gasteiger partial charge >= 0.3 is 11.9 Å². The SMILES string of the molecule is CCCCCCC/C=C\C/C=C\C/C=C\CCCCCCCCC(=O)OC(COC(=O)CCCCCCCCCCCC)COP(=O)([O-])OCC[N+](C)(C)C. The maximum Gasteiger partial charge on any atom is 0.306 e. The first kappa shape index (κ1) is 53.2. The summed E-state index contributed by atoms with van der Waals surface area (Å²) in [4.78, 5) is 37.4. The number of likely N-dealkylation sites (N-methyl/N-ethyl adjacent to an activating group) is 1. The van der Waals surface area contributed by atoms with Crippen molar-refractivity contribution in [3.63, 3.8) is 0 Å². The molecule has 0 aliphatic carbocycles. The smallest absolute Gasteiger partial charge is 0.306 e. The van der Waals surface area contributed by atoms with Gasteiger partial charge in [-0.25, -0.2) is 0 Å². The molecule has 0 heterocycles. The predicted molar refractivity (Wildman–Crippen MR) is 227 cm³/mol. The van der Waals surface area contributed by atoms with Gasteiger partial charge in [0.2, 0.25) is 0 Å². The Bertz CT molecular complexity index is 1040. The third kappa shape index (κ3) is 41.7. The van der Waals surface area contributed by atoms with Crippen molar-refractivity contribution in [2.45, 2.75) is 193 Å². The Kier molecular flexibility index (Phi) is 36.6. The summed E-state index contributed by atoms with van der Waals surface area (Å²) in [6.45, 7) is 4.18. The number of carbonyl (C=O) groups excluding carboxylic acids is 2. The molecule has 322 valence electrons. The summed E-state index contributed by atoms with van der Waals surface area (Å²) >= 11 is 0. The van der Waals surface area contributed by atoms with E-state index in [-0.39, 0.29) is 32.0 Å². The van der Waals surface area contributed by atoms with Gasteiger partial charge in [-0.2, -0.15) is 0 Å². The molecular weight excluding hydrogens is 713 g/mol. The molecule has 10 heteroatoms. The van der Waals surface area contributed by atoms with Crippen molar-refractivity contribution >= 4 is 19.8 Å². The average molecular weight is 798 g/mol. The van der Waals surface area contributed by atoms with Crippen LogP contribution in [0.4, 0.5) is 0 Å². The molecule has 0 fully saturated rings. The fourth-order valence-corrected chi connectivity index (χ4v) is 6.62. The third-order valence-corrected chi connectivity index (χ3v) is 10.4. The van der Waals surface area contributed by atoms with Crippen molar-refractivity contribution in [3.8, 4) is 0 Å². The van der Waals surface area contributed by atoms with E-state index in [2.05, 4.69) is 50.3 Å². The number of hydrogen-bond donors (Lipinski definition) is 0. The number of hydrogen-bond acceptors (Lipinski definition) is 8. The van der Waals surface area contributed by atoms with Gasteiger partial charge in [-0.3, -0.25) is 14.2 Å². The second-order valence-corrected chi connectivity index (χ2v) is 17.5. The fourth-order valence-electron chi connectivity index (χ4n) is 5.90. The van der Waals surface area contributed by atoms with Crippen molar-refractivity contribution in [1.29, 1.82) is 0 Å². The molecule has 0 aromatic carbocycles. The number of carbonyl (C=O) groups is 2. The molecule has 55 heavy (non-hydrogen) atoms. The number of phosphoric acid groups is 1. The first-order chi connectivity index (χ1) is 26.5. The zero-order valence-corrected chi connectivity index (χ0v) is 37.0. The van der Waals surface area contributed by atoms with Crippen LogP contribution < -0.4 is 4.89 Å². The molecule has 0 aromatic heterocycles. The Morgan fingerprint density at radius 3 is 1.45 bits per heavy atom. The van der Waals surface area contributed by atoms with E-state index in [0.29, 0.717) is 17.4 Å². The van der Waals surface area contributed by atoms with Gasteiger partial charge in [0, 0.05) is 12.8 Å². The van der Waals surface area contributed by atoms with Gasteiger partial charge in [0.1, 0.15) is 19.8 Å². The topological polar surface area (TPSA) is 111 Å². The molecule has 0 aliphatic rings. The molecule has 0 aliphatic heterocycles. The summed E-state index contributed by atoms with van der Waals surface area (Å²) in [5.41, 5.74) is 0. The molecule has 0 saturated carbocycles. The molecule has 0 saturated heterocycles. The van der Waals surface area contributed by atoms with Crippen molar-refractivity contribution in [2.24, 2.45) is 0 Å². The lowest BCUT2D eigenvalue weighted by atomic mass is 10.1. The Hall–Kier alpha value is -1.77. The highest BCUT2D eigenvalue weighted by molar-refractivity contribution is 7.45. The standard InChI is InChI=1S/C45H84NO8P/c1-6-8-10-12-14-16-18-19-20-21-22-23-24-25-26-27-28-30-32-34-36-38-45(48)54-43(42-53-55(49,50)52-40-39-46(3,4)5)41-51-44(47)37-35-33-31-29-17-15-13-11-9-7-2/h18-19,21-22,24-25,43H,6-17,20,23,26-42H2,1-5H3/b19-18-,22-21-,25-24-. The van der Waals surface area contributed by atoms with Crippen LogP contribution in [0.25, 0.3) is 0 Å². The van der Waals surface area contributed by atoms with Crippen molar-refractivity contribution in [2.75, 3.05) is 47.5 Å². The Morgan fingerprint density at radius 2 is 0.982 bits per heavy atom. The van der Waals surface area contributed by atoms with Gasteiger partial charge in [0.15, 0.2) is 6.10 Å². The first-order valence-corrected chi connectivity index (χ1v) is 23.7. The zero-order chi connectivity index (χ0) is 40.7. The maximum absolute atomic E-state index is 12.7. The normalized spacial score (nSPS) is 13.9. The predicted octanol–water partition coefficient (Wildman–Crippen LogP) is 11.9. The average Bonchev–Trinajstić information content (AvgIpc) is 3.13. The number of quaternary nitrogens is 1. The molecule has 9 nitrogen and oxygen atoms in total. The second kappa shape index (κ2) is 37.8. The maximum atomic E-state index is 12.7. The van der Waals surface area contributed by atoms with E-state index in [4.69, 9.17) is 18.5 Å². The molecule has 2 atom stereocenters. The van der Waals surface area contributed by atoms with Gasteiger partial charge in [0.05, 0.1) is 27.7 Å². The second-order valence-electron chi connectivity index (χ2n) is 16.1. The summed E-state index contributed by atoms with van der Waals surface area (Å²) < 4.78 is 33.8. The fraction of sp³-hybridized carbons (Fsp3) is 0.822. The number of nitrogens with zero attached hydrogens (tertiary/aromatic N) is 1. The Labute approximate surface area is 338 Å². The number of ether oxygens (including phenoxy) is 2. The molecule has 0 amide bonds. The van der Waals surface area contributed by atoms with E-state index < -0.39 is 26.5 Å². The molecule has 0 spiro atoms. The lowest BCUT2D eigenvalue weighted by molar-refractivity contribution is -0.870. The van der Waals surface area contributed by atoms with E-state index in [0.717, 1.165) is 70.6 Å². The molecule has 0 radical (unpaired) electrons. The van der Waals surface area contributed by atoms with Gasteiger partial charge in [0.25, 0.3) is 7.82 Å². The summed E-state index contributed by atoms with van der Waals surface area (Å²) in [7, 11) is 1.16. The quantitative estimate of drug-likeness (QED) is 0.0198. The molecule has 0 N–H and O–H groups in total. The van der Waals surface area contributed by atoms with E-state index in [1.165, 1.54) is 83.5 Å². The zero-order valence-electron chi connectivity index (χ0n) is 36.1. The van der Waals surface area contributed by atoms with Crippen LogP contribution in [0.2, 0.25) is 0 Å². The van der Waals surface area contributed by atoms with Crippen LogP contribution in [0.1, 0.15) is 187 Å². The molecule has 2 unspecified atom stereocenters. The number of unbranched alkanes of at least 4 members (excludes halogenated alkanes) is 20. The van der Waals surface area contributed by atoms with Crippen molar-refractivity contribution in [1.82, 2.24) is 0 Å². The van der Waals surface area contributed by atoms with Gasteiger partial charge in [-0.15, -0.1) is 0 Å². The minimum Gasteiger partial charge on any atom is -0.756 e. The lowest BCUT2D eigenvalue weighted by Crippen LogP contribution is -2.37. The minimum absolute atomic E-state index is 0.0332. The Balaban J connectivity index is 4.32. The van der Waals surface area contributed by atoms with Crippen LogP contribution in [0.5, 0.6) is 0 Å². The van der Waals surface area contributed by atoms with Crippen LogP contribution in [-0.4, -0.2) is 70.0 Å². The van der Waals surface area contributed by atoms with E-state index in [1.807, 2.05) is 21.1 Å². The summed E-state index contributed by atoms with van der Waals surface area (Å²) in [5.74, 6) is -0.849. The highest BCUT2D eigenvalue weighted by Gasteiger charge is 2.21. The highest BCUT2D eigenvalue weighted by atomic mass is 31.2. The van der Waals surface area contributed by atoms with E-state index in [1.54, 1.807) is 0 Å². The molecule has 0 aromatic rings. The minimum atomic E-state index is -4.62. The van der Waals surface area contributed by atoms with Crippen LogP contribution in [-0.2, 0) is 32.7 Å². The van der Waals surface area contributed by atoms with Gasteiger partial charge in [-0.1, -0.05) is 159 Å². The number of phosphoric ester groups is 1. The lowest BCUT2D eigenvalue weighted by Gasteiger charge is -2.28. The van der Waals surface area contributed by atoms with Gasteiger partial charge in [-0.05, 0) is 51.4 Å².